The van der Waals surface area contributed by atoms with Crippen molar-refractivity contribution in [3.05, 3.63) is 34.7 Å². The maximum absolute atomic E-state index is 12.6. The Hall–Kier alpha value is -2.57. The van der Waals surface area contributed by atoms with Gasteiger partial charge < -0.3 is 9.88 Å². The highest BCUT2D eigenvalue weighted by Crippen LogP contribution is 2.18. The van der Waals surface area contributed by atoms with Gasteiger partial charge >= 0.3 is 5.69 Å². The van der Waals surface area contributed by atoms with E-state index >= 15 is 0 Å². The van der Waals surface area contributed by atoms with Crippen LogP contribution in [0, 0.1) is 0 Å². The summed E-state index contributed by atoms with van der Waals surface area (Å²) in [5, 5.41) is 7.32. The molecule has 0 unspecified atom stereocenters. The number of rotatable bonds is 3. The maximum Gasteiger partial charge on any atom is 0.352 e. The molecule has 1 aliphatic rings. The zero-order chi connectivity index (χ0) is 16.0. The topological polar surface area (TPSA) is 73.3 Å². The number of imidazole rings is 1. The van der Waals surface area contributed by atoms with E-state index in [-0.39, 0.29) is 24.2 Å². The van der Waals surface area contributed by atoms with Crippen molar-refractivity contribution < 1.29 is 4.79 Å². The molecule has 1 aromatic carbocycles. The van der Waals surface area contributed by atoms with Crippen LogP contribution in [0.4, 0.5) is 0 Å². The number of para-hydroxylation sites is 2. The minimum atomic E-state index is -0.279. The Morgan fingerprint density at radius 1 is 1.26 bits per heavy atom. The molecule has 0 bridgehead atoms. The Balaban J connectivity index is 1.68. The highest BCUT2D eigenvalue weighted by molar-refractivity contribution is 5.80. The Morgan fingerprint density at radius 3 is 2.70 bits per heavy atom. The number of carbonyl (C=O) groups is 1. The molecule has 1 fully saturated rings. The molecule has 2 aromatic heterocycles. The first kappa shape index (κ1) is 14.0. The van der Waals surface area contributed by atoms with E-state index in [1.807, 2.05) is 35.9 Å². The van der Waals surface area contributed by atoms with Crippen LogP contribution in [0.15, 0.2) is 29.1 Å². The molecule has 120 valence electrons. The van der Waals surface area contributed by atoms with Gasteiger partial charge in [-0.25, -0.2) is 13.9 Å². The number of aryl methyl sites for hydroxylation is 1. The summed E-state index contributed by atoms with van der Waals surface area (Å²) in [5.74, 6) is 0.400. The second-order valence-corrected chi connectivity index (χ2v) is 6.17. The normalized spacial score (nSPS) is 15.7. The predicted molar refractivity (Wildman–Crippen MR) is 86.3 cm³/mol. The van der Waals surface area contributed by atoms with Crippen molar-refractivity contribution in [3.8, 4) is 0 Å². The first-order valence-corrected chi connectivity index (χ1v) is 7.97. The van der Waals surface area contributed by atoms with Crippen molar-refractivity contribution in [1.82, 2.24) is 24.1 Å². The predicted octanol–water partition coefficient (Wildman–Crippen LogP) is 1.05. The molecule has 0 saturated heterocycles. The van der Waals surface area contributed by atoms with Crippen LogP contribution < -0.4 is 11.0 Å². The molecule has 7 nitrogen and oxygen atoms in total. The molecular weight excluding hydrogens is 294 g/mol. The lowest BCUT2D eigenvalue weighted by atomic mass is 10.2. The molecule has 0 radical (unpaired) electrons. The van der Waals surface area contributed by atoms with Gasteiger partial charge in [-0.05, 0) is 25.0 Å². The van der Waals surface area contributed by atoms with Crippen LogP contribution in [-0.2, 0) is 18.4 Å². The second kappa shape index (κ2) is 5.26. The summed E-state index contributed by atoms with van der Waals surface area (Å²) in [7, 11) is 1.87. The highest BCUT2D eigenvalue weighted by Gasteiger charge is 2.20. The molecule has 2 heterocycles. The molecule has 4 rings (SSSR count). The Labute approximate surface area is 132 Å². The Kier molecular flexibility index (Phi) is 3.21. The van der Waals surface area contributed by atoms with Crippen molar-refractivity contribution in [3.63, 3.8) is 0 Å². The van der Waals surface area contributed by atoms with Crippen molar-refractivity contribution in [2.24, 2.45) is 7.05 Å². The number of benzene rings is 1. The van der Waals surface area contributed by atoms with Gasteiger partial charge in [-0.15, -0.1) is 5.10 Å². The minimum absolute atomic E-state index is 0.0364. The van der Waals surface area contributed by atoms with Crippen LogP contribution >= 0.6 is 0 Å². The monoisotopic (exact) mass is 313 g/mol. The number of hydrogen-bond acceptors (Lipinski definition) is 3. The van der Waals surface area contributed by atoms with E-state index in [1.165, 1.54) is 4.68 Å². The largest absolute Gasteiger partial charge is 0.352 e. The molecule has 3 aromatic rings. The van der Waals surface area contributed by atoms with Crippen molar-refractivity contribution in [2.45, 2.75) is 38.3 Å². The quantitative estimate of drug-likeness (QED) is 0.785. The van der Waals surface area contributed by atoms with Gasteiger partial charge in [-0.1, -0.05) is 25.0 Å². The molecule has 1 N–H and O–H groups in total. The van der Waals surface area contributed by atoms with Crippen molar-refractivity contribution in [1.29, 1.82) is 0 Å². The molecule has 0 atom stereocenters. The lowest BCUT2D eigenvalue weighted by molar-refractivity contribution is -0.122. The SMILES string of the molecule is Cn1c2ccccc2n2c(=O)n(CC(=O)NC3CCCC3)nc12. The van der Waals surface area contributed by atoms with E-state index in [9.17, 15) is 9.59 Å². The number of fused-ring (bicyclic) bond motifs is 3. The fraction of sp³-hybridized carbons (Fsp3) is 0.438. The summed E-state index contributed by atoms with van der Waals surface area (Å²) < 4.78 is 4.66. The Morgan fingerprint density at radius 2 is 1.96 bits per heavy atom. The van der Waals surface area contributed by atoms with Crippen molar-refractivity contribution >= 4 is 22.7 Å². The maximum atomic E-state index is 12.6. The summed E-state index contributed by atoms with van der Waals surface area (Å²) >= 11 is 0. The molecule has 23 heavy (non-hydrogen) atoms. The highest BCUT2D eigenvalue weighted by atomic mass is 16.2. The van der Waals surface area contributed by atoms with E-state index in [4.69, 9.17) is 0 Å². The van der Waals surface area contributed by atoms with Crippen molar-refractivity contribution in [2.75, 3.05) is 0 Å². The van der Waals surface area contributed by atoms with Crippen LogP contribution in [0.2, 0.25) is 0 Å². The van der Waals surface area contributed by atoms with Crippen LogP contribution in [0.25, 0.3) is 16.8 Å². The molecule has 7 heteroatoms. The van der Waals surface area contributed by atoms with Gasteiger partial charge in [0.25, 0.3) is 0 Å². The number of nitrogens with zero attached hydrogens (tertiary/aromatic N) is 4. The van der Waals surface area contributed by atoms with E-state index < -0.39 is 0 Å². The first-order chi connectivity index (χ1) is 11.1. The lowest BCUT2D eigenvalue weighted by Gasteiger charge is -2.11. The zero-order valence-corrected chi connectivity index (χ0v) is 13.0. The van der Waals surface area contributed by atoms with Crippen LogP contribution in [0.5, 0.6) is 0 Å². The zero-order valence-electron chi connectivity index (χ0n) is 13.0. The summed E-state index contributed by atoms with van der Waals surface area (Å²) in [6.45, 7) is -0.0364. The number of nitrogens with one attached hydrogen (secondary N) is 1. The third kappa shape index (κ3) is 2.23. The average molecular weight is 313 g/mol. The standard InChI is InChI=1S/C16H19N5O2/c1-19-12-8-4-5-9-13(12)21-15(19)18-20(16(21)23)10-14(22)17-11-6-2-3-7-11/h4-5,8-9,11H,2-3,6-7,10H2,1H3,(H,17,22). The number of aromatic nitrogens is 4. The molecule has 0 aliphatic heterocycles. The number of amides is 1. The summed E-state index contributed by atoms with van der Waals surface area (Å²) in [5.41, 5.74) is 1.46. The second-order valence-electron chi connectivity index (χ2n) is 6.17. The van der Waals surface area contributed by atoms with Gasteiger partial charge in [0.2, 0.25) is 11.7 Å². The number of hydrogen-bond donors (Lipinski definition) is 1. The van der Waals surface area contributed by atoms with Gasteiger partial charge in [-0.2, -0.15) is 0 Å². The summed E-state index contributed by atoms with van der Waals surface area (Å²) in [6, 6.07) is 7.89. The fourth-order valence-corrected chi connectivity index (χ4v) is 3.45. The molecule has 1 aliphatic carbocycles. The fourth-order valence-electron chi connectivity index (χ4n) is 3.45. The molecular formula is C16H19N5O2. The third-order valence-corrected chi connectivity index (χ3v) is 4.62. The smallest absolute Gasteiger partial charge is 0.352 e. The Bertz CT molecular complexity index is 943. The van der Waals surface area contributed by atoms with E-state index in [0.717, 1.165) is 36.7 Å². The van der Waals surface area contributed by atoms with Gasteiger partial charge in [0.05, 0.1) is 11.0 Å². The summed E-state index contributed by atoms with van der Waals surface area (Å²) in [4.78, 5) is 24.7. The van der Waals surface area contributed by atoms with E-state index in [0.29, 0.717) is 5.78 Å². The minimum Gasteiger partial charge on any atom is -0.352 e. The van der Waals surface area contributed by atoms with Crippen LogP contribution in [0.3, 0.4) is 0 Å². The van der Waals surface area contributed by atoms with Gasteiger partial charge in [0.15, 0.2) is 0 Å². The van der Waals surface area contributed by atoms with Gasteiger partial charge in [-0.3, -0.25) is 4.79 Å². The molecule has 1 amide bonds. The first-order valence-electron chi connectivity index (χ1n) is 7.97. The molecule has 1 saturated carbocycles. The van der Waals surface area contributed by atoms with Gasteiger partial charge in [0.1, 0.15) is 6.54 Å². The van der Waals surface area contributed by atoms with E-state index in [2.05, 4.69) is 10.4 Å². The molecule has 0 spiro atoms. The third-order valence-electron chi connectivity index (χ3n) is 4.62. The lowest BCUT2D eigenvalue weighted by Crippen LogP contribution is -2.37. The average Bonchev–Trinajstić information content (AvgIpc) is 3.21. The van der Waals surface area contributed by atoms with Crippen LogP contribution in [0.1, 0.15) is 25.7 Å². The number of carbonyl (C=O) groups excluding carboxylic acids is 1. The van der Waals surface area contributed by atoms with Gasteiger partial charge in [0, 0.05) is 13.1 Å². The van der Waals surface area contributed by atoms with Crippen LogP contribution in [-0.4, -0.2) is 30.7 Å². The summed E-state index contributed by atoms with van der Waals surface area (Å²) in [6.07, 6.45) is 4.36. The van der Waals surface area contributed by atoms with E-state index in [1.54, 1.807) is 4.40 Å².